The van der Waals surface area contributed by atoms with Gasteiger partial charge in [-0.1, -0.05) is 13.8 Å². The minimum atomic E-state index is 0.135. The van der Waals surface area contributed by atoms with Crippen molar-refractivity contribution in [3.05, 3.63) is 11.1 Å². The first-order chi connectivity index (χ1) is 9.06. The summed E-state index contributed by atoms with van der Waals surface area (Å²) in [6.45, 7) is 7.24. The fourth-order valence-electron chi connectivity index (χ4n) is 1.53. The Hall–Kier alpha value is -1.14. The van der Waals surface area contributed by atoms with Gasteiger partial charge in [-0.15, -0.1) is 11.3 Å². The highest BCUT2D eigenvalue weighted by Gasteiger charge is 2.12. The molecule has 1 heterocycles. The predicted octanol–water partition coefficient (Wildman–Crippen LogP) is 1.88. The third kappa shape index (κ3) is 5.57. The van der Waals surface area contributed by atoms with Crippen molar-refractivity contribution >= 4 is 22.4 Å². The largest absolute Gasteiger partial charge is 0.362 e. The van der Waals surface area contributed by atoms with E-state index in [1.807, 2.05) is 6.20 Å². The van der Waals surface area contributed by atoms with Crippen LogP contribution in [0.5, 0.6) is 0 Å². The Morgan fingerprint density at radius 3 is 2.74 bits per heavy atom. The van der Waals surface area contributed by atoms with E-state index in [2.05, 4.69) is 29.0 Å². The second kappa shape index (κ2) is 8.12. The monoisotopic (exact) mass is 284 g/mol. The lowest BCUT2D eigenvalue weighted by atomic mass is 10.4. The molecule has 0 unspecified atom stereocenters. The van der Waals surface area contributed by atoms with Gasteiger partial charge in [0.15, 0.2) is 5.13 Å². The van der Waals surface area contributed by atoms with Gasteiger partial charge in [-0.3, -0.25) is 9.69 Å². The number of amides is 1. The Kier molecular flexibility index (Phi) is 6.80. The van der Waals surface area contributed by atoms with Crippen molar-refractivity contribution in [2.45, 2.75) is 26.8 Å². The lowest BCUT2D eigenvalue weighted by Gasteiger charge is -2.20. The van der Waals surface area contributed by atoms with Crippen LogP contribution < -0.4 is 5.32 Å². The summed E-state index contributed by atoms with van der Waals surface area (Å²) in [6, 6.07) is 0. The normalized spacial score (nSPS) is 10.8. The lowest BCUT2D eigenvalue weighted by Crippen LogP contribution is -2.36. The van der Waals surface area contributed by atoms with Gasteiger partial charge in [-0.05, 0) is 13.0 Å². The van der Waals surface area contributed by atoms with Gasteiger partial charge in [0.1, 0.15) is 0 Å². The maximum Gasteiger partial charge on any atom is 0.236 e. The van der Waals surface area contributed by atoms with Crippen molar-refractivity contribution in [3.8, 4) is 0 Å². The molecule has 6 heteroatoms. The molecule has 1 amide bonds. The van der Waals surface area contributed by atoms with Crippen LogP contribution in [0.4, 0.5) is 5.13 Å². The number of nitrogens with one attached hydrogen (secondary N) is 1. The molecule has 1 aromatic heterocycles. The van der Waals surface area contributed by atoms with Crippen molar-refractivity contribution in [2.75, 3.05) is 39.0 Å². The fourth-order valence-corrected chi connectivity index (χ4v) is 2.41. The first-order valence-corrected chi connectivity index (χ1v) is 7.49. The Labute approximate surface area is 119 Å². The van der Waals surface area contributed by atoms with Crippen molar-refractivity contribution in [3.63, 3.8) is 0 Å². The van der Waals surface area contributed by atoms with Crippen molar-refractivity contribution in [1.82, 2.24) is 14.8 Å². The van der Waals surface area contributed by atoms with E-state index in [-0.39, 0.29) is 5.91 Å². The van der Waals surface area contributed by atoms with Crippen LogP contribution in [0.15, 0.2) is 6.20 Å². The van der Waals surface area contributed by atoms with Crippen LogP contribution in [0, 0.1) is 0 Å². The Morgan fingerprint density at radius 2 is 2.16 bits per heavy atom. The number of anilines is 1. The van der Waals surface area contributed by atoms with E-state index in [1.165, 1.54) is 4.88 Å². The van der Waals surface area contributed by atoms with Crippen LogP contribution in [0.1, 0.15) is 25.1 Å². The van der Waals surface area contributed by atoms with E-state index in [0.717, 1.165) is 31.2 Å². The molecular formula is C13H24N4OS. The van der Waals surface area contributed by atoms with Crippen LogP contribution in [-0.2, 0) is 11.3 Å². The quantitative estimate of drug-likeness (QED) is 0.792. The zero-order chi connectivity index (χ0) is 14.3. The van der Waals surface area contributed by atoms with Crippen molar-refractivity contribution in [2.24, 2.45) is 0 Å². The summed E-state index contributed by atoms with van der Waals surface area (Å²) in [5.41, 5.74) is 0. The SMILES string of the molecule is CCCNc1ncc(CN(CC)CC(=O)N(C)C)s1. The van der Waals surface area contributed by atoms with Gasteiger partial charge in [0, 0.05) is 38.3 Å². The van der Waals surface area contributed by atoms with Crippen molar-refractivity contribution < 1.29 is 4.79 Å². The summed E-state index contributed by atoms with van der Waals surface area (Å²) in [5, 5.41) is 4.24. The van der Waals surface area contributed by atoms with E-state index >= 15 is 0 Å². The average Bonchev–Trinajstić information content (AvgIpc) is 2.82. The van der Waals surface area contributed by atoms with E-state index in [9.17, 15) is 4.79 Å². The molecule has 0 aliphatic heterocycles. The second-order valence-electron chi connectivity index (χ2n) is 4.65. The molecule has 0 aromatic carbocycles. The molecule has 0 spiro atoms. The summed E-state index contributed by atoms with van der Waals surface area (Å²) in [7, 11) is 3.57. The third-order valence-corrected chi connectivity index (χ3v) is 3.70. The fraction of sp³-hybridized carbons (Fsp3) is 0.692. The number of aromatic nitrogens is 1. The number of rotatable bonds is 8. The molecular weight excluding hydrogens is 260 g/mol. The molecule has 0 atom stereocenters. The Bertz CT molecular complexity index is 392. The summed E-state index contributed by atoms with van der Waals surface area (Å²) in [5.74, 6) is 0.135. The summed E-state index contributed by atoms with van der Waals surface area (Å²) >= 11 is 1.66. The molecule has 5 nitrogen and oxygen atoms in total. The van der Waals surface area contributed by atoms with E-state index in [1.54, 1.807) is 30.3 Å². The smallest absolute Gasteiger partial charge is 0.236 e. The van der Waals surface area contributed by atoms with Gasteiger partial charge in [-0.25, -0.2) is 4.98 Å². The molecule has 1 N–H and O–H groups in total. The number of hydrogen-bond acceptors (Lipinski definition) is 5. The Balaban J connectivity index is 2.51. The minimum absolute atomic E-state index is 0.135. The maximum atomic E-state index is 11.7. The average molecular weight is 284 g/mol. The van der Waals surface area contributed by atoms with E-state index in [0.29, 0.717) is 6.54 Å². The number of carbonyl (C=O) groups is 1. The van der Waals surface area contributed by atoms with Crippen LogP contribution in [0.25, 0.3) is 0 Å². The van der Waals surface area contributed by atoms with Crippen LogP contribution in [0.2, 0.25) is 0 Å². The molecule has 1 aromatic rings. The van der Waals surface area contributed by atoms with Gasteiger partial charge in [0.2, 0.25) is 5.91 Å². The van der Waals surface area contributed by atoms with E-state index < -0.39 is 0 Å². The van der Waals surface area contributed by atoms with Crippen LogP contribution in [-0.4, -0.2) is 54.4 Å². The number of hydrogen-bond donors (Lipinski definition) is 1. The number of nitrogens with zero attached hydrogens (tertiary/aromatic N) is 3. The second-order valence-corrected chi connectivity index (χ2v) is 5.77. The van der Waals surface area contributed by atoms with Gasteiger partial charge in [-0.2, -0.15) is 0 Å². The molecule has 0 radical (unpaired) electrons. The summed E-state index contributed by atoms with van der Waals surface area (Å²) in [6.07, 6.45) is 2.98. The highest BCUT2D eigenvalue weighted by atomic mass is 32.1. The highest BCUT2D eigenvalue weighted by Crippen LogP contribution is 2.19. The molecule has 0 fully saturated rings. The zero-order valence-electron chi connectivity index (χ0n) is 12.3. The standard InChI is InChI=1S/C13H24N4OS/c1-5-7-14-13-15-8-11(19-13)9-17(6-2)10-12(18)16(3)4/h8H,5-7,9-10H2,1-4H3,(H,14,15). The van der Waals surface area contributed by atoms with Gasteiger partial charge in [0.25, 0.3) is 0 Å². The first kappa shape index (κ1) is 15.9. The van der Waals surface area contributed by atoms with Crippen LogP contribution >= 0.6 is 11.3 Å². The minimum Gasteiger partial charge on any atom is -0.362 e. The number of thiazole rings is 1. The summed E-state index contributed by atoms with van der Waals surface area (Å²) in [4.78, 5) is 21.0. The molecule has 0 saturated carbocycles. The summed E-state index contributed by atoms with van der Waals surface area (Å²) < 4.78 is 0. The maximum absolute atomic E-state index is 11.7. The third-order valence-electron chi connectivity index (χ3n) is 2.76. The van der Waals surface area contributed by atoms with Gasteiger partial charge >= 0.3 is 0 Å². The molecule has 0 aliphatic carbocycles. The topological polar surface area (TPSA) is 48.5 Å². The predicted molar refractivity (Wildman–Crippen MR) is 80.5 cm³/mol. The lowest BCUT2D eigenvalue weighted by molar-refractivity contribution is -0.130. The molecule has 108 valence electrons. The highest BCUT2D eigenvalue weighted by molar-refractivity contribution is 7.15. The number of carbonyl (C=O) groups excluding carboxylic acids is 1. The Morgan fingerprint density at radius 1 is 1.42 bits per heavy atom. The van der Waals surface area contributed by atoms with Gasteiger partial charge < -0.3 is 10.2 Å². The molecule has 1 rings (SSSR count). The molecule has 0 bridgehead atoms. The van der Waals surface area contributed by atoms with Crippen molar-refractivity contribution in [1.29, 1.82) is 0 Å². The zero-order valence-corrected chi connectivity index (χ0v) is 13.1. The number of likely N-dealkylation sites (N-methyl/N-ethyl adjacent to an activating group) is 2. The molecule has 19 heavy (non-hydrogen) atoms. The first-order valence-electron chi connectivity index (χ1n) is 6.67. The van der Waals surface area contributed by atoms with E-state index in [4.69, 9.17) is 0 Å². The van der Waals surface area contributed by atoms with Crippen LogP contribution in [0.3, 0.4) is 0 Å². The van der Waals surface area contributed by atoms with Gasteiger partial charge in [0.05, 0.1) is 6.54 Å². The molecule has 0 aliphatic rings. The molecule has 0 saturated heterocycles.